The second kappa shape index (κ2) is 8.73. The highest BCUT2D eigenvalue weighted by Gasteiger charge is 2.22. The lowest BCUT2D eigenvalue weighted by Crippen LogP contribution is -2.40. The second-order valence-electron chi connectivity index (χ2n) is 5.25. The number of hydrogen-bond donors (Lipinski definition) is 1. The van der Waals surface area contributed by atoms with E-state index >= 15 is 0 Å². The number of carbonyl (C=O) groups is 1. The first-order valence-electron chi connectivity index (χ1n) is 6.60. The van der Waals surface area contributed by atoms with Crippen molar-refractivity contribution in [3.05, 3.63) is 0 Å². The molecule has 2 atom stereocenters. The first-order valence-corrected chi connectivity index (χ1v) is 6.60. The third-order valence-electron chi connectivity index (χ3n) is 3.77. The molecule has 4 nitrogen and oxygen atoms in total. The Bertz CT molecular complexity index is 243. The lowest BCUT2D eigenvalue weighted by Gasteiger charge is -2.27. The standard InChI is InChI=1S/C13H26N2O2.ClH/c1-10(11(2)14)13(16)15(3)7-4-12-5-8-17-9-6-12;/h10-12H,4-9,14H2,1-3H3;1H. The molecule has 1 saturated heterocycles. The average Bonchev–Trinajstić information content (AvgIpc) is 2.35. The minimum absolute atomic E-state index is 0. The Morgan fingerprint density at radius 1 is 1.39 bits per heavy atom. The number of ether oxygens (including phenoxy) is 1. The van der Waals surface area contributed by atoms with Gasteiger partial charge < -0.3 is 15.4 Å². The van der Waals surface area contributed by atoms with Crippen molar-refractivity contribution in [3.63, 3.8) is 0 Å². The Kier molecular flexibility index (Phi) is 8.57. The SMILES string of the molecule is CC(N)C(C)C(=O)N(C)CCC1CCOCC1.Cl. The number of amides is 1. The summed E-state index contributed by atoms with van der Waals surface area (Å²) in [7, 11) is 1.88. The summed E-state index contributed by atoms with van der Waals surface area (Å²) in [5, 5.41) is 0. The molecule has 1 rings (SSSR count). The normalized spacial score (nSPS) is 19.8. The monoisotopic (exact) mass is 278 g/mol. The maximum atomic E-state index is 12.0. The first-order chi connectivity index (χ1) is 8.02. The first kappa shape index (κ1) is 17.7. The van der Waals surface area contributed by atoms with Gasteiger partial charge in [0.05, 0.1) is 5.92 Å². The fourth-order valence-corrected chi connectivity index (χ4v) is 2.09. The van der Waals surface area contributed by atoms with Gasteiger partial charge in [0.25, 0.3) is 0 Å². The van der Waals surface area contributed by atoms with Crippen LogP contribution < -0.4 is 5.73 Å². The van der Waals surface area contributed by atoms with E-state index in [-0.39, 0.29) is 30.3 Å². The number of nitrogens with zero attached hydrogens (tertiary/aromatic N) is 1. The molecule has 1 aliphatic heterocycles. The number of hydrogen-bond acceptors (Lipinski definition) is 3. The van der Waals surface area contributed by atoms with Crippen LogP contribution in [0.2, 0.25) is 0 Å². The summed E-state index contributed by atoms with van der Waals surface area (Å²) in [5.41, 5.74) is 5.75. The van der Waals surface area contributed by atoms with E-state index in [9.17, 15) is 4.79 Å². The van der Waals surface area contributed by atoms with Crippen LogP contribution in [-0.2, 0) is 9.53 Å². The van der Waals surface area contributed by atoms with Crippen LogP contribution in [0, 0.1) is 11.8 Å². The molecule has 1 aliphatic rings. The molecule has 0 aliphatic carbocycles. The predicted octanol–water partition coefficient (Wildman–Crippen LogP) is 1.67. The molecule has 0 spiro atoms. The minimum Gasteiger partial charge on any atom is -0.381 e. The quantitative estimate of drug-likeness (QED) is 0.832. The van der Waals surface area contributed by atoms with E-state index in [1.54, 1.807) is 0 Å². The number of carbonyl (C=O) groups excluding carboxylic acids is 1. The van der Waals surface area contributed by atoms with Crippen LogP contribution in [-0.4, -0.2) is 43.7 Å². The molecule has 0 saturated carbocycles. The molecule has 1 fully saturated rings. The van der Waals surface area contributed by atoms with Crippen molar-refractivity contribution in [1.82, 2.24) is 4.90 Å². The third-order valence-corrected chi connectivity index (χ3v) is 3.77. The van der Waals surface area contributed by atoms with Gasteiger partial charge in [-0.15, -0.1) is 12.4 Å². The van der Waals surface area contributed by atoms with E-state index < -0.39 is 0 Å². The van der Waals surface area contributed by atoms with Gasteiger partial charge in [0, 0.05) is 32.8 Å². The zero-order valence-corrected chi connectivity index (χ0v) is 12.5. The molecule has 0 aromatic rings. The molecular weight excluding hydrogens is 252 g/mol. The Balaban J connectivity index is 0.00000289. The maximum Gasteiger partial charge on any atom is 0.226 e. The molecule has 1 amide bonds. The lowest BCUT2D eigenvalue weighted by atomic mass is 9.96. The van der Waals surface area contributed by atoms with Crippen LogP contribution in [0.1, 0.15) is 33.1 Å². The summed E-state index contributed by atoms with van der Waals surface area (Å²) in [6.45, 7) is 6.37. The van der Waals surface area contributed by atoms with E-state index in [1.807, 2.05) is 25.8 Å². The zero-order valence-electron chi connectivity index (χ0n) is 11.7. The lowest BCUT2D eigenvalue weighted by molar-refractivity contribution is -0.134. The van der Waals surface area contributed by atoms with Gasteiger partial charge in [0.2, 0.25) is 5.91 Å². The van der Waals surface area contributed by atoms with Gasteiger partial charge in [0.1, 0.15) is 0 Å². The van der Waals surface area contributed by atoms with Crippen molar-refractivity contribution in [2.45, 2.75) is 39.2 Å². The number of nitrogens with two attached hydrogens (primary N) is 1. The van der Waals surface area contributed by atoms with E-state index in [0.29, 0.717) is 5.92 Å². The Labute approximate surface area is 117 Å². The molecule has 0 bridgehead atoms. The average molecular weight is 279 g/mol. The predicted molar refractivity (Wildman–Crippen MR) is 75.9 cm³/mol. The van der Waals surface area contributed by atoms with Crippen LogP contribution >= 0.6 is 12.4 Å². The summed E-state index contributed by atoms with van der Waals surface area (Å²) in [4.78, 5) is 13.8. The number of halogens is 1. The molecule has 0 aromatic heterocycles. The smallest absolute Gasteiger partial charge is 0.226 e. The fraction of sp³-hybridized carbons (Fsp3) is 0.923. The molecule has 18 heavy (non-hydrogen) atoms. The molecule has 1 heterocycles. The summed E-state index contributed by atoms with van der Waals surface area (Å²) >= 11 is 0. The van der Waals surface area contributed by atoms with Crippen molar-refractivity contribution in [2.75, 3.05) is 26.8 Å². The van der Waals surface area contributed by atoms with Gasteiger partial charge in [0.15, 0.2) is 0 Å². The maximum absolute atomic E-state index is 12.0. The summed E-state index contributed by atoms with van der Waals surface area (Å²) in [5.74, 6) is 0.784. The van der Waals surface area contributed by atoms with Crippen molar-refractivity contribution in [1.29, 1.82) is 0 Å². The van der Waals surface area contributed by atoms with Crippen LogP contribution in [0.15, 0.2) is 0 Å². The van der Waals surface area contributed by atoms with Gasteiger partial charge >= 0.3 is 0 Å². The zero-order chi connectivity index (χ0) is 12.8. The van der Waals surface area contributed by atoms with Crippen LogP contribution in [0.4, 0.5) is 0 Å². The highest BCUT2D eigenvalue weighted by Crippen LogP contribution is 2.19. The van der Waals surface area contributed by atoms with Gasteiger partial charge in [-0.2, -0.15) is 0 Å². The Hall–Kier alpha value is -0.320. The topological polar surface area (TPSA) is 55.6 Å². The van der Waals surface area contributed by atoms with Crippen molar-refractivity contribution >= 4 is 18.3 Å². The van der Waals surface area contributed by atoms with Crippen LogP contribution in [0.5, 0.6) is 0 Å². The van der Waals surface area contributed by atoms with Crippen LogP contribution in [0.3, 0.4) is 0 Å². The van der Waals surface area contributed by atoms with E-state index in [4.69, 9.17) is 10.5 Å². The molecule has 5 heteroatoms. The molecular formula is C13H27ClN2O2. The molecule has 2 N–H and O–H groups in total. The van der Waals surface area contributed by atoms with E-state index in [2.05, 4.69) is 0 Å². The molecule has 0 radical (unpaired) electrons. The van der Waals surface area contributed by atoms with Gasteiger partial charge in [-0.1, -0.05) is 6.92 Å². The Morgan fingerprint density at radius 3 is 2.44 bits per heavy atom. The van der Waals surface area contributed by atoms with Gasteiger partial charge in [-0.3, -0.25) is 4.79 Å². The molecule has 2 unspecified atom stereocenters. The highest BCUT2D eigenvalue weighted by atomic mass is 35.5. The minimum atomic E-state index is -0.0883. The van der Waals surface area contributed by atoms with Gasteiger partial charge in [-0.25, -0.2) is 0 Å². The van der Waals surface area contributed by atoms with Gasteiger partial charge in [-0.05, 0) is 32.1 Å². The van der Waals surface area contributed by atoms with E-state index in [0.717, 1.165) is 39.0 Å². The van der Waals surface area contributed by atoms with Crippen LogP contribution in [0.25, 0.3) is 0 Å². The van der Waals surface area contributed by atoms with E-state index in [1.165, 1.54) is 0 Å². The molecule has 0 aromatic carbocycles. The summed E-state index contributed by atoms with van der Waals surface area (Å²) < 4.78 is 5.33. The highest BCUT2D eigenvalue weighted by molar-refractivity contribution is 5.85. The summed E-state index contributed by atoms with van der Waals surface area (Å²) in [6, 6.07) is -0.0759. The fourth-order valence-electron chi connectivity index (χ4n) is 2.09. The second-order valence-corrected chi connectivity index (χ2v) is 5.25. The number of rotatable bonds is 5. The van der Waals surface area contributed by atoms with Crippen molar-refractivity contribution in [3.8, 4) is 0 Å². The molecule has 108 valence electrons. The Morgan fingerprint density at radius 2 is 1.94 bits per heavy atom. The third kappa shape index (κ3) is 5.55. The summed E-state index contributed by atoms with van der Waals surface area (Å²) in [6.07, 6.45) is 3.34. The van der Waals surface area contributed by atoms with Crippen molar-refractivity contribution < 1.29 is 9.53 Å². The van der Waals surface area contributed by atoms with Crippen molar-refractivity contribution in [2.24, 2.45) is 17.6 Å². The largest absolute Gasteiger partial charge is 0.381 e.